The maximum Gasteiger partial charge on any atom is 0.161 e. The highest BCUT2D eigenvalue weighted by molar-refractivity contribution is 6.17. The summed E-state index contributed by atoms with van der Waals surface area (Å²) in [4.78, 5) is 0. The van der Waals surface area contributed by atoms with Gasteiger partial charge in [-0.3, -0.25) is 0 Å². The molecule has 0 heterocycles. The van der Waals surface area contributed by atoms with Crippen molar-refractivity contribution in [3.8, 4) is 11.5 Å². The molecule has 0 aliphatic carbocycles. The minimum Gasteiger partial charge on any atom is -0.493 e. The fraction of sp³-hybridized carbons (Fsp3) is 0.625. The normalized spacial score (nSPS) is 12.2. The van der Waals surface area contributed by atoms with Crippen LogP contribution in [0.1, 0.15) is 45.1 Å². The first kappa shape index (κ1) is 16.2. The Bertz CT molecular complexity index is 366. The van der Waals surface area contributed by atoms with Crippen LogP contribution in [0, 0.1) is 5.92 Å². The van der Waals surface area contributed by atoms with Gasteiger partial charge in [0.25, 0.3) is 0 Å². The van der Waals surface area contributed by atoms with Crippen LogP contribution in [0.2, 0.25) is 0 Å². The van der Waals surface area contributed by atoms with E-state index < -0.39 is 0 Å². The predicted octanol–water partition coefficient (Wildman–Crippen LogP) is 5.03. The molecule has 0 fully saturated rings. The van der Waals surface area contributed by atoms with Gasteiger partial charge in [0.15, 0.2) is 11.5 Å². The van der Waals surface area contributed by atoms with Crippen LogP contribution < -0.4 is 9.47 Å². The Morgan fingerprint density at radius 3 is 2.58 bits per heavy atom. The largest absolute Gasteiger partial charge is 0.493 e. The molecule has 0 aliphatic rings. The van der Waals surface area contributed by atoms with Crippen molar-refractivity contribution < 1.29 is 9.47 Å². The Kier molecular flexibility index (Phi) is 7.73. The quantitative estimate of drug-likeness (QED) is 0.592. The summed E-state index contributed by atoms with van der Waals surface area (Å²) in [5.74, 6) is 2.69. The molecule has 1 aromatic rings. The van der Waals surface area contributed by atoms with Gasteiger partial charge >= 0.3 is 0 Å². The molecular formula is C16H25ClO2. The van der Waals surface area contributed by atoms with Gasteiger partial charge in [0.05, 0.1) is 13.7 Å². The SMILES string of the molecule is CCCCC(CC)COc1ccc(CCl)cc1OC. The smallest absolute Gasteiger partial charge is 0.161 e. The number of ether oxygens (including phenoxy) is 2. The van der Waals surface area contributed by atoms with Gasteiger partial charge in [-0.2, -0.15) is 0 Å². The molecule has 0 aromatic heterocycles. The lowest BCUT2D eigenvalue weighted by Crippen LogP contribution is -2.11. The van der Waals surface area contributed by atoms with Crippen LogP contribution in [-0.4, -0.2) is 13.7 Å². The molecule has 2 nitrogen and oxygen atoms in total. The highest BCUT2D eigenvalue weighted by atomic mass is 35.5. The Hall–Kier alpha value is -0.890. The molecule has 1 unspecified atom stereocenters. The van der Waals surface area contributed by atoms with Crippen molar-refractivity contribution in [1.82, 2.24) is 0 Å². The molecule has 1 aromatic carbocycles. The van der Waals surface area contributed by atoms with Crippen LogP contribution >= 0.6 is 11.6 Å². The summed E-state index contributed by atoms with van der Waals surface area (Å²) in [5, 5.41) is 0. The number of rotatable bonds is 9. The molecule has 0 bridgehead atoms. The maximum atomic E-state index is 5.91. The summed E-state index contributed by atoms with van der Waals surface area (Å²) in [5.41, 5.74) is 1.05. The van der Waals surface area contributed by atoms with Crippen molar-refractivity contribution >= 4 is 11.6 Å². The molecule has 0 saturated heterocycles. The number of hydrogen-bond donors (Lipinski definition) is 0. The van der Waals surface area contributed by atoms with Crippen molar-refractivity contribution in [1.29, 1.82) is 0 Å². The van der Waals surface area contributed by atoms with Gasteiger partial charge in [-0.15, -0.1) is 11.6 Å². The highest BCUT2D eigenvalue weighted by Gasteiger charge is 2.10. The number of halogens is 1. The lowest BCUT2D eigenvalue weighted by molar-refractivity contribution is 0.224. The van der Waals surface area contributed by atoms with Gasteiger partial charge in [0.1, 0.15) is 0 Å². The Labute approximate surface area is 122 Å². The van der Waals surface area contributed by atoms with Gasteiger partial charge in [-0.05, 0) is 30.0 Å². The molecule has 1 rings (SSSR count). The third-order valence-electron chi connectivity index (χ3n) is 3.40. The summed E-state index contributed by atoms with van der Waals surface area (Å²) in [6.07, 6.45) is 4.89. The first-order chi connectivity index (χ1) is 9.24. The van der Waals surface area contributed by atoms with E-state index >= 15 is 0 Å². The molecule has 108 valence electrons. The van der Waals surface area contributed by atoms with Crippen LogP contribution in [0.25, 0.3) is 0 Å². The van der Waals surface area contributed by atoms with Crippen LogP contribution in [0.5, 0.6) is 11.5 Å². The molecule has 3 heteroatoms. The molecule has 0 saturated carbocycles. The second-order valence-electron chi connectivity index (χ2n) is 4.85. The lowest BCUT2D eigenvalue weighted by Gasteiger charge is -2.17. The fourth-order valence-electron chi connectivity index (χ4n) is 2.02. The van der Waals surface area contributed by atoms with E-state index in [4.69, 9.17) is 21.1 Å². The van der Waals surface area contributed by atoms with Crippen molar-refractivity contribution in [2.75, 3.05) is 13.7 Å². The Morgan fingerprint density at radius 2 is 2.00 bits per heavy atom. The van der Waals surface area contributed by atoms with Gasteiger partial charge in [-0.25, -0.2) is 0 Å². The zero-order valence-corrected chi connectivity index (χ0v) is 13.0. The maximum absolute atomic E-state index is 5.91. The summed E-state index contributed by atoms with van der Waals surface area (Å²) in [6.45, 7) is 5.20. The number of methoxy groups -OCH3 is 1. The zero-order valence-electron chi connectivity index (χ0n) is 12.2. The molecule has 1 atom stereocenters. The van der Waals surface area contributed by atoms with Gasteiger partial charge < -0.3 is 9.47 Å². The second kappa shape index (κ2) is 9.08. The summed E-state index contributed by atoms with van der Waals surface area (Å²) in [7, 11) is 1.66. The lowest BCUT2D eigenvalue weighted by atomic mass is 10.0. The van der Waals surface area contributed by atoms with Crippen molar-refractivity contribution in [3.05, 3.63) is 23.8 Å². The number of unbranched alkanes of at least 4 members (excludes halogenated alkanes) is 1. The van der Waals surface area contributed by atoms with Crippen molar-refractivity contribution in [2.45, 2.75) is 45.4 Å². The predicted molar refractivity (Wildman–Crippen MR) is 81.4 cm³/mol. The monoisotopic (exact) mass is 284 g/mol. The van der Waals surface area contributed by atoms with Crippen molar-refractivity contribution in [3.63, 3.8) is 0 Å². The number of alkyl halides is 1. The fourth-order valence-corrected chi connectivity index (χ4v) is 2.19. The minimum absolute atomic E-state index is 0.491. The molecule has 0 amide bonds. The summed E-state index contributed by atoms with van der Waals surface area (Å²) in [6, 6.07) is 5.87. The molecule has 0 N–H and O–H groups in total. The van der Waals surface area contributed by atoms with E-state index in [0.717, 1.165) is 30.1 Å². The molecule has 0 radical (unpaired) electrons. The number of benzene rings is 1. The summed E-state index contributed by atoms with van der Waals surface area (Å²) < 4.78 is 11.3. The molecule has 0 spiro atoms. The topological polar surface area (TPSA) is 18.5 Å². The van der Waals surface area contributed by atoms with Gasteiger partial charge in [0, 0.05) is 5.88 Å². The average molecular weight is 285 g/mol. The van der Waals surface area contributed by atoms with Crippen LogP contribution in [-0.2, 0) is 5.88 Å². The number of hydrogen-bond acceptors (Lipinski definition) is 2. The molecule has 0 aliphatic heterocycles. The van der Waals surface area contributed by atoms with Gasteiger partial charge in [0.2, 0.25) is 0 Å². The first-order valence-corrected chi connectivity index (χ1v) is 7.64. The standard InChI is InChI=1S/C16H25ClO2/c1-4-6-7-13(5-2)12-19-15-9-8-14(11-17)10-16(15)18-3/h8-10,13H,4-7,11-12H2,1-3H3. The summed E-state index contributed by atoms with van der Waals surface area (Å²) >= 11 is 5.82. The Balaban J connectivity index is 2.60. The average Bonchev–Trinajstić information content (AvgIpc) is 2.47. The van der Waals surface area contributed by atoms with E-state index in [0.29, 0.717) is 11.8 Å². The third kappa shape index (κ3) is 5.32. The van der Waals surface area contributed by atoms with Crippen LogP contribution in [0.3, 0.4) is 0 Å². The van der Waals surface area contributed by atoms with Crippen molar-refractivity contribution in [2.24, 2.45) is 5.92 Å². The van der Waals surface area contributed by atoms with E-state index in [9.17, 15) is 0 Å². The van der Waals surface area contributed by atoms with Gasteiger partial charge in [-0.1, -0.05) is 39.2 Å². The first-order valence-electron chi connectivity index (χ1n) is 7.10. The van der Waals surface area contributed by atoms with E-state index in [2.05, 4.69) is 13.8 Å². The van der Waals surface area contributed by atoms with E-state index in [1.165, 1.54) is 19.3 Å². The van der Waals surface area contributed by atoms with E-state index in [1.54, 1.807) is 7.11 Å². The van der Waals surface area contributed by atoms with Crippen LogP contribution in [0.4, 0.5) is 0 Å². The minimum atomic E-state index is 0.491. The molecular weight excluding hydrogens is 260 g/mol. The van der Waals surface area contributed by atoms with E-state index in [1.807, 2.05) is 18.2 Å². The van der Waals surface area contributed by atoms with E-state index in [-0.39, 0.29) is 0 Å². The zero-order chi connectivity index (χ0) is 14.1. The Morgan fingerprint density at radius 1 is 1.21 bits per heavy atom. The molecule has 19 heavy (non-hydrogen) atoms. The van der Waals surface area contributed by atoms with Crippen LogP contribution in [0.15, 0.2) is 18.2 Å². The second-order valence-corrected chi connectivity index (χ2v) is 5.11. The third-order valence-corrected chi connectivity index (χ3v) is 3.71. The highest BCUT2D eigenvalue weighted by Crippen LogP contribution is 2.29.